The third-order valence-corrected chi connectivity index (χ3v) is 6.11. The van der Waals surface area contributed by atoms with Gasteiger partial charge in [-0.25, -0.2) is 4.39 Å². The highest BCUT2D eigenvalue weighted by Gasteiger charge is 2.59. The molecule has 2 atom stereocenters. The van der Waals surface area contributed by atoms with Crippen molar-refractivity contribution in [3.8, 4) is 0 Å². The fourth-order valence-electron chi connectivity index (χ4n) is 3.41. The third kappa shape index (κ3) is 2.36. The van der Waals surface area contributed by atoms with Crippen LogP contribution in [0.4, 0.5) is 4.39 Å². The van der Waals surface area contributed by atoms with Gasteiger partial charge in [-0.3, -0.25) is 10.1 Å². The molecule has 0 radical (unpaired) electrons. The zero-order valence-corrected chi connectivity index (χ0v) is 12.7. The van der Waals surface area contributed by atoms with Crippen molar-refractivity contribution < 1.29 is 9.18 Å². The smallest absolute Gasteiger partial charge is 0.244 e. The molecule has 2 heterocycles. The average Bonchev–Trinajstić information content (AvgIpc) is 2.98. The van der Waals surface area contributed by atoms with Gasteiger partial charge in [-0.2, -0.15) is 11.8 Å². The zero-order valence-electron chi connectivity index (χ0n) is 11.8. The van der Waals surface area contributed by atoms with Crippen LogP contribution >= 0.6 is 11.8 Å². The highest BCUT2D eigenvalue weighted by atomic mass is 32.2. The molecular weight excluding hydrogens is 287 g/mol. The minimum Gasteiger partial charge on any atom is -0.320 e. The molecule has 2 unspecified atom stereocenters. The van der Waals surface area contributed by atoms with Crippen LogP contribution in [0, 0.1) is 5.82 Å². The Labute approximate surface area is 128 Å². The van der Waals surface area contributed by atoms with Crippen LogP contribution in [0.25, 0.3) is 0 Å². The highest BCUT2D eigenvalue weighted by molar-refractivity contribution is 8.00. The molecule has 3 nitrogen and oxygen atoms in total. The fraction of sp³-hybridized carbons (Fsp3) is 0.562. The Balaban J connectivity index is 1.61. The second kappa shape index (κ2) is 4.99. The molecule has 3 fully saturated rings. The van der Waals surface area contributed by atoms with Crippen molar-refractivity contribution in [2.24, 2.45) is 0 Å². The molecule has 2 saturated heterocycles. The van der Waals surface area contributed by atoms with Crippen LogP contribution in [0.1, 0.15) is 37.4 Å². The molecule has 1 amide bonds. The van der Waals surface area contributed by atoms with Crippen molar-refractivity contribution in [1.29, 1.82) is 0 Å². The van der Waals surface area contributed by atoms with Gasteiger partial charge >= 0.3 is 0 Å². The van der Waals surface area contributed by atoms with Gasteiger partial charge in [0, 0.05) is 11.8 Å². The van der Waals surface area contributed by atoms with E-state index < -0.39 is 0 Å². The molecule has 1 aromatic carbocycles. The number of thioether (sulfide) groups is 1. The Hall–Kier alpha value is -1.07. The molecule has 1 aliphatic carbocycles. The minimum atomic E-state index is -0.347. The second-order valence-corrected chi connectivity index (χ2v) is 7.68. The Kier molecular flexibility index (Phi) is 3.23. The standard InChI is InChI=1S/C16H19FN2OS/c17-12-4-1-3-11(9-12)14-18-16(6-7-16)15(20)19(14)10-13-5-2-8-21-13/h1,3-4,9,13-14,18H,2,5-8,10H2. The van der Waals surface area contributed by atoms with Crippen LogP contribution in [-0.4, -0.2) is 33.9 Å². The van der Waals surface area contributed by atoms with Crippen molar-refractivity contribution in [2.45, 2.75) is 42.6 Å². The summed E-state index contributed by atoms with van der Waals surface area (Å²) in [6.07, 6.45) is 4.06. The van der Waals surface area contributed by atoms with Crippen LogP contribution in [0.2, 0.25) is 0 Å². The van der Waals surface area contributed by atoms with Crippen LogP contribution in [0.15, 0.2) is 24.3 Å². The summed E-state index contributed by atoms with van der Waals surface area (Å²) in [6, 6.07) is 6.62. The Bertz CT molecular complexity index is 569. The van der Waals surface area contributed by atoms with Gasteiger partial charge in [0.2, 0.25) is 5.91 Å². The molecule has 1 N–H and O–H groups in total. The van der Waals surface area contributed by atoms with Crippen molar-refractivity contribution >= 4 is 17.7 Å². The molecular formula is C16H19FN2OS. The lowest BCUT2D eigenvalue weighted by Gasteiger charge is -2.27. The number of carbonyl (C=O) groups is 1. The highest BCUT2D eigenvalue weighted by Crippen LogP contribution is 2.46. The van der Waals surface area contributed by atoms with Crippen molar-refractivity contribution in [1.82, 2.24) is 10.2 Å². The molecule has 112 valence electrons. The molecule has 3 aliphatic rings. The van der Waals surface area contributed by atoms with E-state index in [9.17, 15) is 9.18 Å². The second-order valence-electron chi connectivity index (χ2n) is 6.28. The van der Waals surface area contributed by atoms with Gasteiger partial charge in [-0.05, 0) is 49.1 Å². The van der Waals surface area contributed by atoms with Gasteiger partial charge in [0.15, 0.2) is 0 Å². The summed E-state index contributed by atoms with van der Waals surface area (Å²) in [5.74, 6) is 1.16. The Morgan fingerprint density at radius 1 is 1.43 bits per heavy atom. The van der Waals surface area contributed by atoms with Gasteiger partial charge in [0.05, 0.1) is 0 Å². The van der Waals surface area contributed by atoms with Gasteiger partial charge < -0.3 is 4.90 Å². The maximum Gasteiger partial charge on any atom is 0.244 e. The lowest BCUT2D eigenvalue weighted by atomic mass is 10.1. The van der Waals surface area contributed by atoms with Crippen LogP contribution in [-0.2, 0) is 4.79 Å². The molecule has 1 spiro atoms. The van der Waals surface area contributed by atoms with E-state index in [1.54, 1.807) is 12.1 Å². The largest absolute Gasteiger partial charge is 0.320 e. The lowest BCUT2D eigenvalue weighted by Crippen LogP contribution is -2.36. The number of hydrogen-bond donors (Lipinski definition) is 1. The Morgan fingerprint density at radius 3 is 2.95 bits per heavy atom. The predicted molar refractivity (Wildman–Crippen MR) is 81.4 cm³/mol. The molecule has 0 bridgehead atoms. The molecule has 1 saturated carbocycles. The molecule has 2 aliphatic heterocycles. The van der Waals surface area contributed by atoms with Crippen LogP contribution < -0.4 is 5.32 Å². The first-order valence-corrected chi connectivity index (χ1v) is 8.69. The summed E-state index contributed by atoms with van der Waals surface area (Å²) in [7, 11) is 0. The normalized spacial score (nSPS) is 30.3. The van der Waals surface area contributed by atoms with E-state index in [2.05, 4.69) is 5.32 Å². The summed E-state index contributed by atoms with van der Waals surface area (Å²) in [6.45, 7) is 0.777. The Morgan fingerprint density at radius 2 is 2.29 bits per heavy atom. The van der Waals surface area contributed by atoms with E-state index in [4.69, 9.17) is 0 Å². The number of halogens is 1. The minimum absolute atomic E-state index is 0.170. The third-order valence-electron chi connectivity index (χ3n) is 4.73. The SMILES string of the molecule is O=C1N(CC2CCCS2)C(c2cccc(F)c2)NC12CC2. The van der Waals surface area contributed by atoms with Crippen LogP contribution in [0.5, 0.6) is 0 Å². The first kappa shape index (κ1) is 13.6. The lowest BCUT2D eigenvalue weighted by molar-refractivity contribution is -0.130. The van der Waals surface area contributed by atoms with E-state index >= 15 is 0 Å². The first-order valence-electron chi connectivity index (χ1n) is 7.64. The number of amides is 1. The number of benzene rings is 1. The van der Waals surface area contributed by atoms with Gasteiger partial charge in [0.1, 0.15) is 17.5 Å². The van der Waals surface area contributed by atoms with E-state index in [0.717, 1.165) is 24.9 Å². The summed E-state index contributed by atoms with van der Waals surface area (Å²) >= 11 is 1.96. The molecule has 5 heteroatoms. The zero-order chi connectivity index (χ0) is 14.4. The van der Waals surface area contributed by atoms with E-state index in [1.807, 2.05) is 22.7 Å². The molecule has 0 aromatic heterocycles. The van der Waals surface area contributed by atoms with Crippen molar-refractivity contribution in [3.63, 3.8) is 0 Å². The van der Waals surface area contributed by atoms with Crippen LogP contribution in [0.3, 0.4) is 0 Å². The van der Waals surface area contributed by atoms with Gasteiger partial charge in [-0.15, -0.1) is 0 Å². The number of rotatable bonds is 3. The molecule has 1 aromatic rings. The first-order chi connectivity index (χ1) is 10.2. The average molecular weight is 306 g/mol. The summed E-state index contributed by atoms with van der Waals surface area (Å²) in [4.78, 5) is 14.7. The summed E-state index contributed by atoms with van der Waals surface area (Å²) in [5.41, 5.74) is 0.510. The maximum absolute atomic E-state index is 13.5. The van der Waals surface area contributed by atoms with E-state index in [0.29, 0.717) is 5.25 Å². The topological polar surface area (TPSA) is 32.3 Å². The summed E-state index contributed by atoms with van der Waals surface area (Å²) in [5, 5.41) is 3.99. The number of carbonyl (C=O) groups excluding carboxylic acids is 1. The molecule has 4 rings (SSSR count). The molecule has 21 heavy (non-hydrogen) atoms. The number of hydrogen-bond acceptors (Lipinski definition) is 3. The monoisotopic (exact) mass is 306 g/mol. The van der Waals surface area contributed by atoms with E-state index in [-0.39, 0.29) is 23.4 Å². The summed E-state index contributed by atoms with van der Waals surface area (Å²) < 4.78 is 13.5. The quantitative estimate of drug-likeness (QED) is 0.932. The fourth-order valence-corrected chi connectivity index (χ4v) is 4.68. The van der Waals surface area contributed by atoms with Gasteiger partial charge in [-0.1, -0.05) is 12.1 Å². The van der Waals surface area contributed by atoms with Gasteiger partial charge in [0.25, 0.3) is 0 Å². The van der Waals surface area contributed by atoms with E-state index in [1.165, 1.54) is 24.7 Å². The number of nitrogens with one attached hydrogen (secondary N) is 1. The maximum atomic E-state index is 13.5. The number of nitrogens with zero attached hydrogens (tertiary/aromatic N) is 1. The predicted octanol–water partition coefficient (Wildman–Crippen LogP) is 2.68. The van der Waals surface area contributed by atoms with Crippen molar-refractivity contribution in [3.05, 3.63) is 35.6 Å². The van der Waals surface area contributed by atoms with Crippen molar-refractivity contribution in [2.75, 3.05) is 12.3 Å².